The molecule has 0 bridgehead atoms. The van der Waals surface area contributed by atoms with Gasteiger partial charge in [0.05, 0.1) is 0 Å². The predicted octanol–water partition coefficient (Wildman–Crippen LogP) is 3.40. The van der Waals surface area contributed by atoms with E-state index >= 15 is 0 Å². The van der Waals surface area contributed by atoms with E-state index in [0.29, 0.717) is 5.92 Å². The van der Waals surface area contributed by atoms with Crippen molar-refractivity contribution in [3.05, 3.63) is 71.8 Å². The lowest BCUT2D eigenvalue weighted by molar-refractivity contribution is 0.275. The number of hydrogen-bond acceptors (Lipinski definition) is 1. The second kappa shape index (κ2) is 6.21. The van der Waals surface area contributed by atoms with Crippen molar-refractivity contribution in [1.29, 1.82) is 0 Å². The minimum absolute atomic E-state index is 0.242. The fourth-order valence-electron chi connectivity index (χ4n) is 2.17. The van der Waals surface area contributed by atoms with Gasteiger partial charge in [0.15, 0.2) is 0 Å². The van der Waals surface area contributed by atoms with Crippen LogP contribution in [0.1, 0.15) is 23.5 Å². The standard InChI is InChI=1S/C16H18O/c17-12-11-16(15-9-5-2-6-10-15)13-14-7-3-1-4-8-14/h1-10,16-17H,11-13H2/t16-/m0/s1. The van der Waals surface area contributed by atoms with Gasteiger partial charge in [0, 0.05) is 6.61 Å². The van der Waals surface area contributed by atoms with Crippen molar-refractivity contribution in [3.8, 4) is 0 Å². The Kier molecular flexibility index (Phi) is 4.34. The first kappa shape index (κ1) is 11.9. The maximum absolute atomic E-state index is 9.18. The quantitative estimate of drug-likeness (QED) is 0.828. The van der Waals surface area contributed by atoms with Gasteiger partial charge in [-0.15, -0.1) is 0 Å². The number of aliphatic hydroxyl groups excluding tert-OH is 1. The van der Waals surface area contributed by atoms with Gasteiger partial charge in [0.1, 0.15) is 0 Å². The zero-order chi connectivity index (χ0) is 11.9. The van der Waals surface area contributed by atoms with Gasteiger partial charge in [-0.3, -0.25) is 0 Å². The summed E-state index contributed by atoms with van der Waals surface area (Å²) < 4.78 is 0. The Morgan fingerprint density at radius 2 is 1.41 bits per heavy atom. The fourth-order valence-corrected chi connectivity index (χ4v) is 2.17. The van der Waals surface area contributed by atoms with Crippen LogP contribution in [0.5, 0.6) is 0 Å². The summed E-state index contributed by atoms with van der Waals surface area (Å²) in [6, 6.07) is 20.9. The van der Waals surface area contributed by atoms with Gasteiger partial charge < -0.3 is 5.11 Å². The van der Waals surface area contributed by atoms with Crippen molar-refractivity contribution in [2.75, 3.05) is 6.61 Å². The Hall–Kier alpha value is -1.60. The van der Waals surface area contributed by atoms with Crippen molar-refractivity contribution >= 4 is 0 Å². The molecule has 88 valence electrons. The maximum Gasteiger partial charge on any atom is 0.0436 e. The Morgan fingerprint density at radius 3 is 2.00 bits per heavy atom. The zero-order valence-electron chi connectivity index (χ0n) is 9.92. The van der Waals surface area contributed by atoms with Gasteiger partial charge in [-0.1, -0.05) is 60.7 Å². The molecule has 0 saturated carbocycles. The van der Waals surface area contributed by atoms with Crippen molar-refractivity contribution in [3.63, 3.8) is 0 Å². The van der Waals surface area contributed by atoms with Gasteiger partial charge in [0.2, 0.25) is 0 Å². The molecule has 1 N–H and O–H groups in total. The van der Waals surface area contributed by atoms with Crippen molar-refractivity contribution in [1.82, 2.24) is 0 Å². The highest BCUT2D eigenvalue weighted by molar-refractivity contribution is 5.24. The molecule has 0 spiro atoms. The van der Waals surface area contributed by atoms with E-state index in [4.69, 9.17) is 0 Å². The molecular formula is C16H18O. The highest BCUT2D eigenvalue weighted by Gasteiger charge is 2.11. The highest BCUT2D eigenvalue weighted by Crippen LogP contribution is 2.23. The SMILES string of the molecule is OCC[C@@H](Cc1ccccc1)c1ccccc1. The van der Waals surface area contributed by atoms with E-state index in [1.165, 1.54) is 11.1 Å². The predicted molar refractivity (Wildman–Crippen MR) is 71.0 cm³/mol. The van der Waals surface area contributed by atoms with Crippen LogP contribution in [0.2, 0.25) is 0 Å². The van der Waals surface area contributed by atoms with Gasteiger partial charge in [-0.05, 0) is 29.9 Å². The van der Waals surface area contributed by atoms with Crippen LogP contribution in [0.15, 0.2) is 60.7 Å². The van der Waals surface area contributed by atoms with E-state index in [1.807, 2.05) is 12.1 Å². The molecule has 0 aliphatic heterocycles. The van der Waals surface area contributed by atoms with Crippen LogP contribution >= 0.6 is 0 Å². The van der Waals surface area contributed by atoms with E-state index in [2.05, 4.69) is 48.5 Å². The third-order valence-corrected chi connectivity index (χ3v) is 3.07. The summed E-state index contributed by atoms with van der Waals surface area (Å²) in [7, 11) is 0. The molecule has 0 fully saturated rings. The molecule has 17 heavy (non-hydrogen) atoms. The van der Waals surface area contributed by atoms with Crippen LogP contribution in [0, 0.1) is 0 Å². The van der Waals surface area contributed by atoms with Crippen molar-refractivity contribution in [2.45, 2.75) is 18.8 Å². The normalized spacial score (nSPS) is 12.3. The smallest absolute Gasteiger partial charge is 0.0436 e. The van der Waals surface area contributed by atoms with E-state index < -0.39 is 0 Å². The van der Waals surface area contributed by atoms with Gasteiger partial charge in [-0.25, -0.2) is 0 Å². The van der Waals surface area contributed by atoms with Crippen molar-refractivity contribution < 1.29 is 5.11 Å². The molecule has 1 heteroatoms. The molecule has 1 atom stereocenters. The first-order valence-corrected chi connectivity index (χ1v) is 6.10. The molecule has 2 aromatic carbocycles. The van der Waals surface area contributed by atoms with Gasteiger partial charge in [0.25, 0.3) is 0 Å². The summed E-state index contributed by atoms with van der Waals surface area (Å²) in [4.78, 5) is 0. The Balaban J connectivity index is 2.13. The summed E-state index contributed by atoms with van der Waals surface area (Å²) in [5.41, 5.74) is 2.64. The average molecular weight is 226 g/mol. The lowest BCUT2D eigenvalue weighted by Crippen LogP contribution is -2.05. The van der Waals surface area contributed by atoms with E-state index in [1.54, 1.807) is 0 Å². The van der Waals surface area contributed by atoms with Gasteiger partial charge in [-0.2, -0.15) is 0 Å². The first-order valence-electron chi connectivity index (χ1n) is 6.10. The van der Waals surface area contributed by atoms with Crippen molar-refractivity contribution in [2.24, 2.45) is 0 Å². The van der Waals surface area contributed by atoms with Gasteiger partial charge >= 0.3 is 0 Å². The minimum Gasteiger partial charge on any atom is -0.396 e. The fraction of sp³-hybridized carbons (Fsp3) is 0.250. The lowest BCUT2D eigenvalue weighted by Gasteiger charge is -2.16. The molecule has 0 aliphatic carbocycles. The Morgan fingerprint density at radius 1 is 0.824 bits per heavy atom. The van der Waals surface area contributed by atoms with Crippen LogP contribution < -0.4 is 0 Å². The first-order chi connectivity index (χ1) is 8.40. The molecular weight excluding hydrogens is 208 g/mol. The average Bonchev–Trinajstić information content (AvgIpc) is 2.40. The molecule has 1 nitrogen and oxygen atoms in total. The van der Waals surface area contributed by atoms with E-state index in [0.717, 1.165) is 12.8 Å². The molecule has 2 aromatic rings. The van der Waals surface area contributed by atoms with E-state index in [-0.39, 0.29) is 6.61 Å². The van der Waals surface area contributed by atoms with Crippen LogP contribution in [-0.4, -0.2) is 11.7 Å². The summed E-state index contributed by atoms with van der Waals surface area (Å²) in [5, 5.41) is 9.18. The highest BCUT2D eigenvalue weighted by atomic mass is 16.3. The number of hydrogen-bond donors (Lipinski definition) is 1. The number of benzene rings is 2. The van der Waals surface area contributed by atoms with E-state index in [9.17, 15) is 5.11 Å². The summed E-state index contributed by atoms with van der Waals surface area (Å²) in [6.45, 7) is 0.242. The summed E-state index contributed by atoms with van der Waals surface area (Å²) >= 11 is 0. The number of aliphatic hydroxyl groups is 1. The largest absolute Gasteiger partial charge is 0.396 e. The Labute approximate surface area is 103 Å². The molecule has 0 aliphatic rings. The molecule has 0 saturated heterocycles. The van der Waals surface area contributed by atoms with Crippen LogP contribution in [-0.2, 0) is 6.42 Å². The third kappa shape index (κ3) is 3.43. The molecule has 0 amide bonds. The number of rotatable bonds is 5. The molecule has 0 heterocycles. The third-order valence-electron chi connectivity index (χ3n) is 3.07. The second-order valence-electron chi connectivity index (χ2n) is 4.31. The monoisotopic (exact) mass is 226 g/mol. The second-order valence-corrected chi connectivity index (χ2v) is 4.31. The molecule has 0 unspecified atom stereocenters. The maximum atomic E-state index is 9.18. The molecule has 0 radical (unpaired) electrons. The minimum atomic E-state index is 0.242. The topological polar surface area (TPSA) is 20.2 Å². The van der Waals surface area contributed by atoms with Crippen LogP contribution in [0.4, 0.5) is 0 Å². The van der Waals surface area contributed by atoms with Crippen LogP contribution in [0.3, 0.4) is 0 Å². The van der Waals surface area contributed by atoms with Crippen LogP contribution in [0.25, 0.3) is 0 Å². The molecule has 2 rings (SSSR count). The summed E-state index contributed by atoms with van der Waals surface area (Å²) in [6.07, 6.45) is 1.81. The summed E-state index contributed by atoms with van der Waals surface area (Å²) in [5.74, 6) is 0.406. The zero-order valence-corrected chi connectivity index (χ0v) is 9.92. The Bertz CT molecular complexity index is 422. The molecule has 0 aromatic heterocycles. The lowest BCUT2D eigenvalue weighted by atomic mass is 9.89.